The number of benzene rings is 1. The molecule has 6 fully saturated rings. The van der Waals surface area contributed by atoms with Crippen LogP contribution in [0.3, 0.4) is 0 Å². The maximum atomic E-state index is 6.78. The maximum absolute atomic E-state index is 6.78. The molecule has 0 N–H and O–H groups in total. The summed E-state index contributed by atoms with van der Waals surface area (Å²) in [5.41, 5.74) is 3.38. The second kappa shape index (κ2) is 6.67. The summed E-state index contributed by atoms with van der Waals surface area (Å²) in [6.45, 7) is 18.5. The van der Waals surface area contributed by atoms with Crippen molar-refractivity contribution in [3.05, 3.63) is 54.6 Å². The Morgan fingerprint density at radius 2 is 1.21 bits per heavy atom. The van der Waals surface area contributed by atoms with Gasteiger partial charge in [0, 0.05) is 0 Å². The molecule has 6 aliphatic carbocycles. The minimum Gasteiger partial charge on any atom is -0.383 e. The molecule has 1 radical (unpaired) electrons. The number of hydrogen-bond donors (Lipinski definition) is 0. The van der Waals surface area contributed by atoms with Crippen molar-refractivity contribution in [3.8, 4) is 0 Å². The quantitative estimate of drug-likeness (QED) is 0.481. The zero-order valence-electron chi connectivity index (χ0n) is 18.4. The van der Waals surface area contributed by atoms with Crippen LogP contribution in [0.2, 0.25) is 0 Å². The minimum atomic E-state index is -1.59. The Labute approximate surface area is 178 Å². The van der Waals surface area contributed by atoms with Crippen LogP contribution < -0.4 is 5.19 Å². The van der Waals surface area contributed by atoms with Crippen LogP contribution in [0.1, 0.15) is 53.4 Å². The van der Waals surface area contributed by atoms with E-state index in [0.717, 1.165) is 24.7 Å². The highest BCUT2D eigenvalue weighted by atomic mass is 28.3. The number of fused-ring (bicyclic) bond motifs is 4. The molecular weight excluding hydrogens is 372 g/mol. The Hall–Kier alpha value is -1.16. The van der Waals surface area contributed by atoms with Crippen LogP contribution in [0.25, 0.3) is 0 Å². The lowest BCUT2D eigenvalue weighted by atomic mass is 9.47. The molecule has 1 aromatic rings. The summed E-state index contributed by atoms with van der Waals surface area (Å²) in [5.74, 6) is 2.70. The Bertz CT molecular complexity index is 776. The van der Waals surface area contributed by atoms with Gasteiger partial charge in [-0.25, -0.2) is 0 Å². The first-order valence-electron chi connectivity index (χ1n) is 11.3. The number of hydrogen-bond acceptors (Lipinski definition) is 2. The van der Waals surface area contributed by atoms with E-state index in [-0.39, 0.29) is 12.2 Å². The molecule has 6 unspecified atom stereocenters. The van der Waals surface area contributed by atoms with Crippen molar-refractivity contribution in [2.45, 2.75) is 65.6 Å². The third kappa shape index (κ3) is 2.96. The van der Waals surface area contributed by atoms with Crippen LogP contribution >= 0.6 is 0 Å². The largest absolute Gasteiger partial charge is 0.424 e. The van der Waals surface area contributed by atoms with Gasteiger partial charge in [0.05, 0.1) is 12.2 Å². The summed E-state index contributed by atoms with van der Waals surface area (Å²) < 4.78 is 13.6. The van der Waals surface area contributed by atoms with E-state index < -0.39 is 9.28 Å². The lowest BCUT2D eigenvalue weighted by molar-refractivity contribution is -0.0815. The summed E-state index contributed by atoms with van der Waals surface area (Å²) in [6.07, 6.45) is 5.05. The summed E-state index contributed by atoms with van der Waals surface area (Å²) >= 11 is 0. The van der Waals surface area contributed by atoms with Gasteiger partial charge in [-0.1, -0.05) is 71.2 Å². The Kier molecular flexibility index (Phi) is 4.55. The molecule has 29 heavy (non-hydrogen) atoms. The van der Waals surface area contributed by atoms with Gasteiger partial charge < -0.3 is 8.85 Å². The van der Waals surface area contributed by atoms with Gasteiger partial charge in [-0.3, -0.25) is 0 Å². The second-order valence-electron chi connectivity index (χ2n) is 11.1. The topological polar surface area (TPSA) is 18.5 Å². The monoisotopic (exact) mass is 407 g/mol. The van der Waals surface area contributed by atoms with E-state index in [1.165, 1.54) is 29.2 Å². The first kappa shape index (κ1) is 19.8. The normalized spacial score (nSPS) is 39.1. The summed E-state index contributed by atoms with van der Waals surface area (Å²) in [4.78, 5) is 0. The predicted octanol–water partition coefficient (Wildman–Crippen LogP) is 5.40. The predicted molar refractivity (Wildman–Crippen MR) is 120 cm³/mol. The lowest BCUT2D eigenvalue weighted by Crippen LogP contribution is -2.57. The van der Waals surface area contributed by atoms with E-state index in [1.807, 2.05) is 0 Å². The zero-order chi connectivity index (χ0) is 20.6. The molecular formula is C26H35O2Si. The van der Waals surface area contributed by atoms with Gasteiger partial charge in [-0.15, -0.1) is 0 Å². The smallest absolute Gasteiger partial charge is 0.383 e. The third-order valence-electron chi connectivity index (χ3n) is 9.17. The van der Waals surface area contributed by atoms with Gasteiger partial charge in [0.1, 0.15) is 0 Å². The maximum Gasteiger partial charge on any atom is 0.424 e. The second-order valence-corrected chi connectivity index (χ2v) is 12.7. The fourth-order valence-corrected chi connectivity index (χ4v) is 8.41. The van der Waals surface area contributed by atoms with Crippen molar-refractivity contribution < 1.29 is 8.85 Å². The summed E-state index contributed by atoms with van der Waals surface area (Å²) in [5, 5.41) is 1.20. The van der Waals surface area contributed by atoms with Crippen LogP contribution in [-0.4, -0.2) is 21.5 Å². The fraction of sp³-hybridized carbons (Fsp3) is 0.615. The molecule has 2 nitrogen and oxygen atoms in total. The van der Waals surface area contributed by atoms with Gasteiger partial charge in [-0.05, 0) is 76.5 Å². The molecule has 6 aliphatic rings. The van der Waals surface area contributed by atoms with Crippen molar-refractivity contribution >= 4 is 14.5 Å². The highest BCUT2D eigenvalue weighted by Gasteiger charge is 2.57. The fourth-order valence-electron chi connectivity index (χ4n) is 6.60. The molecule has 0 aliphatic heterocycles. The molecule has 6 atom stereocenters. The first-order chi connectivity index (χ1) is 13.7. The molecule has 3 heteroatoms. The molecule has 0 spiro atoms. The van der Waals surface area contributed by atoms with Gasteiger partial charge in [0.25, 0.3) is 0 Å². The number of rotatable bonds is 5. The van der Waals surface area contributed by atoms with E-state index in [4.69, 9.17) is 8.85 Å². The average Bonchev–Trinajstić information content (AvgIpc) is 2.69. The Morgan fingerprint density at radius 3 is 1.59 bits per heavy atom. The molecule has 6 saturated carbocycles. The highest BCUT2D eigenvalue weighted by molar-refractivity contribution is 6.61. The van der Waals surface area contributed by atoms with E-state index in [9.17, 15) is 0 Å². The molecule has 0 heterocycles. The van der Waals surface area contributed by atoms with Crippen molar-refractivity contribution in [2.24, 2.45) is 34.5 Å². The van der Waals surface area contributed by atoms with Crippen molar-refractivity contribution in [2.75, 3.05) is 0 Å². The lowest BCUT2D eigenvalue weighted by Gasteiger charge is -2.60. The van der Waals surface area contributed by atoms with Crippen LogP contribution in [0.15, 0.2) is 54.6 Å². The van der Waals surface area contributed by atoms with Gasteiger partial charge in [0.15, 0.2) is 0 Å². The zero-order valence-corrected chi connectivity index (χ0v) is 19.4. The van der Waals surface area contributed by atoms with Crippen molar-refractivity contribution in [1.82, 2.24) is 0 Å². The van der Waals surface area contributed by atoms with Crippen LogP contribution in [0, 0.1) is 34.5 Å². The van der Waals surface area contributed by atoms with Crippen molar-refractivity contribution in [3.63, 3.8) is 0 Å². The molecule has 0 aromatic heterocycles. The van der Waals surface area contributed by atoms with E-state index >= 15 is 0 Å². The summed E-state index contributed by atoms with van der Waals surface area (Å²) in [7, 11) is -1.59. The summed E-state index contributed by atoms with van der Waals surface area (Å²) in [6, 6.07) is 10.6. The standard InChI is InChI=1S/C26H35O2Si/c1-16-21-12-18(25(21,3)4)14-23(16)27-29(20-10-8-7-9-11-20)28-24-15-19-13-22(17(24)2)26(19,5)6/h7-11,18-19,21-24H,1-2,12-15H2,3-6H3. The van der Waals surface area contributed by atoms with E-state index in [0.29, 0.717) is 22.7 Å². The van der Waals surface area contributed by atoms with Crippen LogP contribution in [0.5, 0.6) is 0 Å². The first-order valence-corrected chi connectivity index (χ1v) is 12.6. The average molecular weight is 408 g/mol. The molecule has 1 aromatic carbocycles. The highest BCUT2D eigenvalue weighted by Crippen LogP contribution is 2.62. The van der Waals surface area contributed by atoms with Gasteiger partial charge in [0.2, 0.25) is 0 Å². The Morgan fingerprint density at radius 1 is 0.759 bits per heavy atom. The van der Waals surface area contributed by atoms with Crippen LogP contribution in [-0.2, 0) is 8.85 Å². The molecule has 0 saturated heterocycles. The van der Waals surface area contributed by atoms with Gasteiger partial charge >= 0.3 is 9.28 Å². The van der Waals surface area contributed by atoms with E-state index in [2.05, 4.69) is 71.2 Å². The molecule has 4 bridgehead atoms. The minimum absolute atomic E-state index is 0.142. The SMILES string of the molecule is C=C1C(O[Si](OC2CC3CC(C2=C)C3(C)C)c2ccccc2)CC2CC1C2(C)C. The third-order valence-corrected chi connectivity index (χ3v) is 11.0. The molecule has 0 amide bonds. The molecule has 7 rings (SSSR count). The Balaban J connectivity index is 1.34. The van der Waals surface area contributed by atoms with E-state index in [1.54, 1.807) is 0 Å². The van der Waals surface area contributed by atoms with Gasteiger partial charge in [-0.2, -0.15) is 0 Å². The van der Waals surface area contributed by atoms with Crippen molar-refractivity contribution in [1.29, 1.82) is 0 Å². The molecule has 155 valence electrons. The van der Waals surface area contributed by atoms with Crippen LogP contribution in [0.4, 0.5) is 0 Å².